The average molecular weight is 378 g/mol. The zero-order valence-electron chi connectivity index (χ0n) is 11.8. The van der Waals surface area contributed by atoms with Gasteiger partial charge in [-0.2, -0.15) is 0 Å². The van der Waals surface area contributed by atoms with E-state index in [4.69, 9.17) is 0 Å². The molecule has 116 valence electrons. The summed E-state index contributed by atoms with van der Waals surface area (Å²) in [6.45, 7) is 2.95. The van der Waals surface area contributed by atoms with Crippen LogP contribution in [0.2, 0.25) is 0 Å². The van der Waals surface area contributed by atoms with Gasteiger partial charge in [-0.15, -0.1) is 0 Å². The van der Waals surface area contributed by atoms with Crippen LogP contribution in [0.25, 0.3) is 0 Å². The summed E-state index contributed by atoms with van der Waals surface area (Å²) in [6, 6.07) is 4.39. The first-order valence-electron chi connectivity index (χ1n) is 6.54. The molecule has 21 heavy (non-hydrogen) atoms. The van der Waals surface area contributed by atoms with Crippen LogP contribution in [0.4, 0.5) is 4.39 Å². The molecule has 1 unspecified atom stereocenters. The van der Waals surface area contributed by atoms with Crippen molar-refractivity contribution in [3.63, 3.8) is 0 Å². The number of nitrogens with zero attached hydrogens (tertiary/aromatic N) is 1. The van der Waals surface area contributed by atoms with E-state index in [-0.39, 0.29) is 24.3 Å². The molecule has 0 bridgehead atoms. The SMILES string of the molecule is CC1=N[C@](C)(c2cc(Br)ccc2F)C(CCO)S(=O)(=O)C1. The molecule has 0 radical (unpaired) electrons. The molecule has 0 saturated carbocycles. The molecule has 0 saturated heterocycles. The van der Waals surface area contributed by atoms with E-state index in [1.54, 1.807) is 26.0 Å². The van der Waals surface area contributed by atoms with E-state index < -0.39 is 26.4 Å². The van der Waals surface area contributed by atoms with Crippen molar-refractivity contribution in [1.82, 2.24) is 0 Å². The largest absolute Gasteiger partial charge is 0.396 e. The summed E-state index contributed by atoms with van der Waals surface area (Å²) < 4.78 is 39.8. The fourth-order valence-electron chi connectivity index (χ4n) is 2.94. The number of hydrogen-bond donors (Lipinski definition) is 1. The van der Waals surface area contributed by atoms with E-state index >= 15 is 0 Å². The zero-order chi connectivity index (χ0) is 15.8. The number of aliphatic hydroxyl groups excluding tert-OH is 1. The summed E-state index contributed by atoms with van der Waals surface area (Å²) in [7, 11) is -3.49. The van der Waals surface area contributed by atoms with Crippen LogP contribution in [0, 0.1) is 5.82 Å². The smallest absolute Gasteiger partial charge is 0.161 e. The Hall–Kier alpha value is -0.790. The number of halogens is 2. The summed E-state index contributed by atoms with van der Waals surface area (Å²) in [5.41, 5.74) is -0.568. The van der Waals surface area contributed by atoms with E-state index in [0.717, 1.165) is 0 Å². The fourth-order valence-corrected chi connectivity index (χ4v) is 5.49. The number of aliphatic imine (C=N–C) groups is 1. The van der Waals surface area contributed by atoms with Crippen LogP contribution in [0.15, 0.2) is 27.7 Å². The van der Waals surface area contributed by atoms with Crippen molar-refractivity contribution in [3.8, 4) is 0 Å². The molecule has 0 spiro atoms. The van der Waals surface area contributed by atoms with E-state index in [9.17, 15) is 17.9 Å². The Morgan fingerprint density at radius 2 is 2.19 bits per heavy atom. The predicted octanol–water partition coefficient (Wildman–Crippen LogP) is 2.44. The lowest BCUT2D eigenvalue weighted by Crippen LogP contribution is -2.48. The molecule has 1 aliphatic heterocycles. The normalized spacial score (nSPS) is 28.2. The fraction of sp³-hybridized carbons (Fsp3) is 0.500. The first-order chi connectivity index (χ1) is 9.70. The predicted molar refractivity (Wildman–Crippen MR) is 83.8 cm³/mol. The zero-order valence-corrected chi connectivity index (χ0v) is 14.2. The van der Waals surface area contributed by atoms with Crippen LogP contribution in [-0.2, 0) is 15.4 Å². The summed E-state index contributed by atoms with van der Waals surface area (Å²) >= 11 is 3.28. The Morgan fingerprint density at radius 1 is 1.52 bits per heavy atom. The quantitative estimate of drug-likeness (QED) is 0.879. The Kier molecular flexibility index (Phi) is 4.56. The molecule has 0 fully saturated rings. The molecule has 2 rings (SSSR count). The lowest BCUT2D eigenvalue weighted by Gasteiger charge is -2.38. The third kappa shape index (κ3) is 3.05. The lowest BCUT2D eigenvalue weighted by molar-refractivity contribution is 0.264. The monoisotopic (exact) mass is 377 g/mol. The van der Waals surface area contributed by atoms with Gasteiger partial charge in [0.2, 0.25) is 0 Å². The van der Waals surface area contributed by atoms with Gasteiger partial charge < -0.3 is 5.11 Å². The van der Waals surface area contributed by atoms with Crippen molar-refractivity contribution in [2.45, 2.75) is 31.1 Å². The Balaban J connectivity index is 2.70. The molecule has 1 N–H and O–H groups in total. The Labute approximate surface area is 132 Å². The van der Waals surface area contributed by atoms with Gasteiger partial charge in [0.25, 0.3) is 0 Å². The van der Waals surface area contributed by atoms with Crippen LogP contribution in [0.5, 0.6) is 0 Å². The van der Waals surface area contributed by atoms with E-state index in [0.29, 0.717) is 10.2 Å². The van der Waals surface area contributed by atoms with Crippen molar-refractivity contribution in [2.24, 2.45) is 4.99 Å². The first kappa shape index (κ1) is 16.6. The van der Waals surface area contributed by atoms with Crippen molar-refractivity contribution >= 4 is 31.5 Å². The highest BCUT2D eigenvalue weighted by molar-refractivity contribution is 9.10. The van der Waals surface area contributed by atoms with E-state index in [1.165, 1.54) is 6.07 Å². The third-order valence-electron chi connectivity index (χ3n) is 3.76. The minimum atomic E-state index is -3.49. The van der Waals surface area contributed by atoms with Gasteiger partial charge in [-0.25, -0.2) is 12.8 Å². The van der Waals surface area contributed by atoms with E-state index in [1.807, 2.05) is 0 Å². The van der Waals surface area contributed by atoms with Crippen molar-refractivity contribution in [3.05, 3.63) is 34.1 Å². The van der Waals surface area contributed by atoms with Crippen molar-refractivity contribution in [1.29, 1.82) is 0 Å². The molecule has 7 heteroatoms. The van der Waals surface area contributed by atoms with E-state index in [2.05, 4.69) is 20.9 Å². The highest BCUT2D eigenvalue weighted by Gasteiger charge is 2.48. The molecular weight excluding hydrogens is 361 g/mol. The number of hydrogen-bond acceptors (Lipinski definition) is 4. The molecule has 0 amide bonds. The van der Waals surface area contributed by atoms with Gasteiger partial charge in [-0.1, -0.05) is 15.9 Å². The third-order valence-corrected chi connectivity index (χ3v) is 6.63. The van der Waals surface area contributed by atoms with Gasteiger partial charge in [0.15, 0.2) is 9.84 Å². The molecular formula is C14H17BrFNO3S. The highest BCUT2D eigenvalue weighted by atomic mass is 79.9. The average Bonchev–Trinajstić information content (AvgIpc) is 2.36. The summed E-state index contributed by atoms with van der Waals surface area (Å²) in [4.78, 5) is 4.45. The second-order valence-corrected chi connectivity index (χ2v) is 8.53. The van der Waals surface area contributed by atoms with Crippen molar-refractivity contribution in [2.75, 3.05) is 12.4 Å². The van der Waals surface area contributed by atoms with Crippen LogP contribution >= 0.6 is 15.9 Å². The number of benzene rings is 1. The Morgan fingerprint density at radius 3 is 2.81 bits per heavy atom. The Bertz CT molecular complexity index is 689. The second-order valence-electron chi connectivity index (χ2n) is 5.43. The molecule has 0 aliphatic carbocycles. The summed E-state index contributed by atoms with van der Waals surface area (Å²) in [5, 5.41) is 8.26. The maximum absolute atomic E-state index is 14.2. The van der Waals surface area contributed by atoms with Crippen LogP contribution in [0.1, 0.15) is 25.8 Å². The van der Waals surface area contributed by atoms with Gasteiger partial charge in [0.1, 0.15) is 11.4 Å². The molecule has 1 aromatic rings. The maximum Gasteiger partial charge on any atom is 0.161 e. The molecule has 1 heterocycles. The molecule has 1 aliphatic rings. The molecule has 1 aromatic carbocycles. The standard InChI is InChI=1S/C14H17BrFNO3S/c1-9-8-21(19,20)13(5-6-18)14(2,17-9)11-7-10(15)3-4-12(11)16/h3-4,7,13,18H,5-6,8H2,1-2H3/t13?,14-/m1/s1. The summed E-state index contributed by atoms with van der Waals surface area (Å²) in [5.74, 6) is -0.652. The van der Waals surface area contributed by atoms with Gasteiger partial charge in [-0.05, 0) is 38.5 Å². The number of rotatable bonds is 3. The van der Waals surface area contributed by atoms with Crippen LogP contribution < -0.4 is 0 Å². The topological polar surface area (TPSA) is 66.7 Å². The van der Waals surface area contributed by atoms with Crippen LogP contribution in [-0.4, -0.2) is 36.8 Å². The van der Waals surface area contributed by atoms with Gasteiger partial charge >= 0.3 is 0 Å². The van der Waals surface area contributed by atoms with Gasteiger partial charge in [-0.3, -0.25) is 4.99 Å². The number of sulfone groups is 1. The maximum atomic E-state index is 14.2. The highest BCUT2D eigenvalue weighted by Crippen LogP contribution is 2.40. The molecule has 2 atom stereocenters. The van der Waals surface area contributed by atoms with Crippen LogP contribution in [0.3, 0.4) is 0 Å². The minimum Gasteiger partial charge on any atom is -0.396 e. The summed E-state index contributed by atoms with van der Waals surface area (Å²) in [6.07, 6.45) is 0.0293. The molecule has 0 aromatic heterocycles. The van der Waals surface area contributed by atoms with Gasteiger partial charge in [0.05, 0.1) is 11.0 Å². The van der Waals surface area contributed by atoms with Crippen molar-refractivity contribution < 1.29 is 17.9 Å². The second kappa shape index (κ2) is 5.78. The lowest BCUT2D eigenvalue weighted by atomic mass is 9.86. The first-order valence-corrected chi connectivity index (χ1v) is 9.05. The number of aliphatic hydroxyl groups is 1. The van der Waals surface area contributed by atoms with Gasteiger partial charge in [0, 0.05) is 22.4 Å². The molecule has 4 nitrogen and oxygen atoms in total. The minimum absolute atomic E-state index is 0.0293.